The molecule has 0 amide bonds. The minimum absolute atomic E-state index is 0.0573. The number of nitrogens with one attached hydrogen (secondary N) is 1. The maximum atomic E-state index is 11.1. The molecule has 0 spiro atoms. The third-order valence-corrected chi connectivity index (χ3v) is 3.62. The molecule has 0 saturated heterocycles. The molecule has 2 aromatic carbocycles. The number of H-pyrrole nitrogens is 1. The number of nitro groups is 1. The van der Waals surface area contributed by atoms with Crippen molar-refractivity contribution >= 4 is 17.3 Å². The molecule has 0 radical (unpaired) electrons. The first-order valence-electron chi connectivity index (χ1n) is 6.73. The number of rotatable bonds is 4. The van der Waals surface area contributed by atoms with Crippen molar-refractivity contribution < 1.29 is 4.92 Å². The molecule has 0 saturated carbocycles. The normalized spacial score (nSPS) is 12.1. The summed E-state index contributed by atoms with van der Waals surface area (Å²) >= 11 is 5.85. The van der Waals surface area contributed by atoms with Crippen LogP contribution in [-0.4, -0.2) is 20.1 Å². The van der Waals surface area contributed by atoms with Crippen molar-refractivity contribution in [2.24, 2.45) is 5.73 Å². The van der Waals surface area contributed by atoms with Crippen LogP contribution in [0.3, 0.4) is 0 Å². The Hall–Kier alpha value is -2.77. The van der Waals surface area contributed by atoms with Crippen LogP contribution in [0.4, 0.5) is 5.69 Å². The molecule has 8 heteroatoms. The lowest BCUT2D eigenvalue weighted by Crippen LogP contribution is -2.13. The fourth-order valence-corrected chi connectivity index (χ4v) is 2.31. The van der Waals surface area contributed by atoms with Gasteiger partial charge in [-0.05, 0) is 23.8 Å². The van der Waals surface area contributed by atoms with E-state index in [1.54, 1.807) is 42.5 Å². The molecule has 1 aromatic heterocycles. The Morgan fingerprint density at radius 2 is 1.87 bits per heavy atom. The molecule has 23 heavy (non-hydrogen) atoms. The summed E-state index contributed by atoms with van der Waals surface area (Å²) in [4.78, 5) is 14.9. The number of hydrogen-bond acceptors (Lipinski definition) is 5. The van der Waals surface area contributed by atoms with Crippen LogP contribution in [-0.2, 0) is 0 Å². The summed E-state index contributed by atoms with van der Waals surface area (Å²) in [5.74, 6) is 0.650. The van der Waals surface area contributed by atoms with Gasteiger partial charge < -0.3 is 5.73 Å². The number of nitro benzene ring substituents is 1. The second-order valence-electron chi connectivity index (χ2n) is 4.85. The number of para-hydroxylation sites is 1. The lowest BCUT2D eigenvalue weighted by Gasteiger charge is -2.08. The summed E-state index contributed by atoms with van der Waals surface area (Å²) < 4.78 is 0. The van der Waals surface area contributed by atoms with E-state index in [9.17, 15) is 10.1 Å². The van der Waals surface area contributed by atoms with Gasteiger partial charge in [-0.15, -0.1) is 0 Å². The van der Waals surface area contributed by atoms with Crippen LogP contribution in [0.5, 0.6) is 0 Å². The number of hydrogen-bond donors (Lipinski definition) is 2. The Bertz CT molecular complexity index is 847. The molecule has 0 unspecified atom stereocenters. The molecule has 1 atom stereocenters. The molecule has 3 N–H and O–H groups in total. The molecule has 7 nitrogen and oxygen atoms in total. The van der Waals surface area contributed by atoms with Crippen LogP contribution in [0.15, 0.2) is 48.5 Å². The number of nitrogens with two attached hydrogens (primary N) is 1. The second-order valence-corrected chi connectivity index (χ2v) is 5.28. The van der Waals surface area contributed by atoms with Gasteiger partial charge in [-0.25, -0.2) is 4.98 Å². The molecule has 0 aliphatic carbocycles. The van der Waals surface area contributed by atoms with Gasteiger partial charge in [-0.3, -0.25) is 15.2 Å². The van der Waals surface area contributed by atoms with E-state index in [4.69, 9.17) is 17.3 Å². The highest BCUT2D eigenvalue weighted by Crippen LogP contribution is 2.28. The summed E-state index contributed by atoms with van der Waals surface area (Å²) in [7, 11) is 0. The number of nitrogens with zero attached hydrogens (tertiary/aromatic N) is 3. The fraction of sp³-hybridized carbons (Fsp3) is 0.0667. The molecule has 0 bridgehead atoms. The highest BCUT2D eigenvalue weighted by molar-refractivity contribution is 6.30. The van der Waals surface area contributed by atoms with E-state index in [2.05, 4.69) is 15.2 Å². The monoisotopic (exact) mass is 329 g/mol. The van der Waals surface area contributed by atoms with Gasteiger partial charge in [0, 0.05) is 11.1 Å². The average Bonchev–Trinajstić information content (AvgIpc) is 3.04. The Kier molecular flexibility index (Phi) is 4.05. The Morgan fingerprint density at radius 1 is 1.17 bits per heavy atom. The number of benzene rings is 2. The number of aromatic nitrogens is 3. The van der Waals surface area contributed by atoms with Crippen molar-refractivity contribution in [3.63, 3.8) is 0 Å². The van der Waals surface area contributed by atoms with E-state index >= 15 is 0 Å². The van der Waals surface area contributed by atoms with Gasteiger partial charge in [0.1, 0.15) is 5.82 Å². The van der Waals surface area contributed by atoms with Gasteiger partial charge in [-0.1, -0.05) is 35.9 Å². The first kappa shape index (κ1) is 15.1. The summed E-state index contributed by atoms with van der Waals surface area (Å²) in [5, 5.41) is 18.5. The first-order valence-corrected chi connectivity index (χ1v) is 7.11. The number of aromatic amines is 1. The van der Waals surface area contributed by atoms with Gasteiger partial charge in [0.05, 0.1) is 16.5 Å². The number of halogens is 1. The smallest absolute Gasteiger partial charge is 0.280 e. The summed E-state index contributed by atoms with van der Waals surface area (Å²) in [6, 6.07) is 12.8. The van der Waals surface area contributed by atoms with E-state index in [1.165, 1.54) is 6.07 Å². The second kappa shape index (κ2) is 6.15. The van der Waals surface area contributed by atoms with E-state index in [0.717, 1.165) is 5.56 Å². The van der Waals surface area contributed by atoms with Crippen molar-refractivity contribution in [2.45, 2.75) is 6.04 Å². The van der Waals surface area contributed by atoms with Crippen molar-refractivity contribution in [3.8, 4) is 11.4 Å². The SMILES string of the molecule is N[C@@H](c1ccc(Cl)cc1)c1nc(-c2ccccc2[N+](=O)[O-])n[nH]1. The summed E-state index contributed by atoms with van der Waals surface area (Å²) in [5.41, 5.74) is 7.23. The highest BCUT2D eigenvalue weighted by Gasteiger charge is 2.20. The zero-order valence-electron chi connectivity index (χ0n) is 11.8. The van der Waals surface area contributed by atoms with Crippen LogP contribution < -0.4 is 5.73 Å². The van der Waals surface area contributed by atoms with Gasteiger partial charge in [0.25, 0.3) is 5.69 Å². The predicted octanol–water partition coefficient (Wildman–Crippen LogP) is 3.08. The third-order valence-electron chi connectivity index (χ3n) is 3.37. The maximum Gasteiger partial charge on any atom is 0.280 e. The molecule has 0 aliphatic heterocycles. The third kappa shape index (κ3) is 3.05. The Labute approximate surface area is 136 Å². The fourth-order valence-electron chi connectivity index (χ4n) is 2.18. The lowest BCUT2D eigenvalue weighted by atomic mass is 10.1. The molecule has 3 rings (SSSR count). The minimum atomic E-state index is -0.531. The molecule has 1 heterocycles. The lowest BCUT2D eigenvalue weighted by molar-refractivity contribution is -0.384. The van der Waals surface area contributed by atoms with Crippen LogP contribution >= 0.6 is 11.6 Å². The van der Waals surface area contributed by atoms with E-state index in [-0.39, 0.29) is 11.5 Å². The zero-order chi connectivity index (χ0) is 16.4. The van der Waals surface area contributed by atoms with E-state index in [0.29, 0.717) is 16.4 Å². The zero-order valence-corrected chi connectivity index (χ0v) is 12.6. The highest BCUT2D eigenvalue weighted by atomic mass is 35.5. The van der Waals surface area contributed by atoms with Crippen molar-refractivity contribution in [3.05, 3.63) is 75.1 Å². The predicted molar refractivity (Wildman–Crippen MR) is 86.0 cm³/mol. The van der Waals surface area contributed by atoms with Gasteiger partial charge in [-0.2, -0.15) is 5.10 Å². The molecule has 116 valence electrons. The molecule has 0 aliphatic rings. The molecule has 3 aromatic rings. The van der Waals surface area contributed by atoms with Crippen molar-refractivity contribution in [2.75, 3.05) is 0 Å². The maximum absolute atomic E-state index is 11.1. The molecular formula is C15H12ClN5O2. The first-order chi connectivity index (χ1) is 11.1. The van der Waals surface area contributed by atoms with Crippen molar-refractivity contribution in [1.29, 1.82) is 0 Å². The van der Waals surface area contributed by atoms with Crippen molar-refractivity contribution in [1.82, 2.24) is 15.2 Å². The molecular weight excluding hydrogens is 318 g/mol. The molecule has 0 fully saturated rings. The van der Waals surface area contributed by atoms with Crippen LogP contribution in [0.25, 0.3) is 11.4 Å². The largest absolute Gasteiger partial charge is 0.318 e. The van der Waals surface area contributed by atoms with Crippen LogP contribution in [0.2, 0.25) is 5.02 Å². The van der Waals surface area contributed by atoms with Crippen LogP contribution in [0.1, 0.15) is 17.4 Å². The quantitative estimate of drug-likeness (QED) is 0.564. The van der Waals surface area contributed by atoms with E-state index < -0.39 is 11.0 Å². The van der Waals surface area contributed by atoms with Crippen LogP contribution in [0, 0.1) is 10.1 Å². The topological polar surface area (TPSA) is 111 Å². The van der Waals surface area contributed by atoms with E-state index in [1.807, 2.05) is 0 Å². The van der Waals surface area contributed by atoms with Gasteiger partial charge in [0.2, 0.25) is 0 Å². The average molecular weight is 330 g/mol. The standard InChI is InChI=1S/C15H12ClN5O2/c16-10-7-5-9(6-8-10)13(17)15-18-14(19-20-15)11-3-1-2-4-12(11)21(22)23/h1-8,13H,17H2,(H,18,19,20)/t13-/m0/s1. The van der Waals surface area contributed by atoms with Gasteiger partial charge >= 0.3 is 0 Å². The van der Waals surface area contributed by atoms with Gasteiger partial charge in [0.15, 0.2) is 5.82 Å². The Morgan fingerprint density at radius 3 is 2.57 bits per heavy atom. The summed E-state index contributed by atoms with van der Waals surface area (Å²) in [6.45, 7) is 0. The minimum Gasteiger partial charge on any atom is -0.318 e. The Balaban J connectivity index is 1.95. The summed E-state index contributed by atoms with van der Waals surface area (Å²) in [6.07, 6.45) is 0.